The van der Waals surface area contributed by atoms with Gasteiger partial charge in [0.05, 0.1) is 5.56 Å². The van der Waals surface area contributed by atoms with E-state index in [2.05, 4.69) is 20.6 Å². The molecular weight excluding hydrogens is 242 g/mol. The molecule has 6 nitrogen and oxygen atoms in total. The van der Waals surface area contributed by atoms with Crippen molar-refractivity contribution in [2.75, 3.05) is 5.43 Å². The summed E-state index contributed by atoms with van der Waals surface area (Å²) in [6.45, 7) is 0. The molecule has 0 aliphatic rings. The van der Waals surface area contributed by atoms with Crippen LogP contribution in [0.3, 0.4) is 0 Å². The zero-order chi connectivity index (χ0) is 13.1. The van der Waals surface area contributed by atoms with E-state index in [-0.39, 0.29) is 0 Å². The van der Waals surface area contributed by atoms with E-state index in [0.29, 0.717) is 17.5 Å². The quantitative estimate of drug-likeness (QED) is 0.548. The molecule has 0 unspecified atom stereocenters. The lowest BCUT2D eigenvalue weighted by molar-refractivity contribution is 0.432. The molecule has 2 aromatic heterocycles. The topological polar surface area (TPSA) is 89.9 Å². The maximum atomic E-state index is 5.25. The van der Waals surface area contributed by atoms with Gasteiger partial charge in [0, 0.05) is 11.8 Å². The number of nitrogens with zero attached hydrogens (tertiary/aromatic N) is 3. The van der Waals surface area contributed by atoms with E-state index >= 15 is 0 Å². The second-order valence-corrected chi connectivity index (χ2v) is 3.87. The minimum absolute atomic E-state index is 0.426. The molecule has 0 amide bonds. The van der Waals surface area contributed by atoms with Crippen molar-refractivity contribution in [2.45, 2.75) is 0 Å². The Morgan fingerprint density at radius 3 is 2.53 bits per heavy atom. The highest BCUT2D eigenvalue weighted by atomic mass is 16.5. The van der Waals surface area contributed by atoms with E-state index in [9.17, 15) is 0 Å². The average Bonchev–Trinajstić information content (AvgIpc) is 2.98. The molecule has 2 heterocycles. The lowest BCUT2D eigenvalue weighted by atomic mass is 10.2. The van der Waals surface area contributed by atoms with Crippen LogP contribution in [0.25, 0.3) is 22.8 Å². The molecule has 0 spiro atoms. The highest BCUT2D eigenvalue weighted by molar-refractivity contribution is 5.59. The van der Waals surface area contributed by atoms with Gasteiger partial charge in [-0.3, -0.25) is 0 Å². The number of nitrogens with one attached hydrogen (secondary N) is 1. The SMILES string of the molecule is NNc1ccc(-c2nc(-c3ccccc3)no2)cn1. The van der Waals surface area contributed by atoms with Crippen LogP contribution in [0.4, 0.5) is 5.82 Å². The van der Waals surface area contributed by atoms with E-state index < -0.39 is 0 Å². The van der Waals surface area contributed by atoms with E-state index in [1.165, 1.54) is 0 Å². The Morgan fingerprint density at radius 2 is 1.84 bits per heavy atom. The van der Waals surface area contributed by atoms with Crippen LogP contribution in [0.1, 0.15) is 0 Å². The fourth-order valence-electron chi connectivity index (χ4n) is 1.65. The first-order chi connectivity index (χ1) is 9.36. The number of nitrogen functional groups attached to an aromatic ring is 1. The van der Waals surface area contributed by atoms with Gasteiger partial charge in [-0.1, -0.05) is 35.5 Å². The maximum absolute atomic E-state index is 5.25. The van der Waals surface area contributed by atoms with Gasteiger partial charge in [-0.05, 0) is 12.1 Å². The number of rotatable bonds is 3. The molecule has 0 fully saturated rings. The van der Waals surface area contributed by atoms with Crippen LogP contribution in [0.15, 0.2) is 53.2 Å². The summed E-state index contributed by atoms with van der Waals surface area (Å²) in [5.41, 5.74) is 4.11. The monoisotopic (exact) mass is 253 g/mol. The summed E-state index contributed by atoms with van der Waals surface area (Å²) in [7, 11) is 0. The van der Waals surface area contributed by atoms with Crippen LogP contribution < -0.4 is 11.3 Å². The molecule has 3 N–H and O–H groups in total. The third-order valence-corrected chi connectivity index (χ3v) is 2.62. The van der Waals surface area contributed by atoms with Crippen molar-refractivity contribution in [3.8, 4) is 22.8 Å². The molecule has 19 heavy (non-hydrogen) atoms. The zero-order valence-corrected chi connectivity index (χ0v) is 9.95. The Labute approximate surface area is 109 Å². The highest BCUT2D eigenvalue weighted by Crippen LogP contribution is 2.21. The molecule has 0 radical (unpaired) electrons. The molecule has 0 saturated heterocycles. The molecule has 3 aromatic rings. The zero-order valence-electron chi connectivity index (χ0n) is 9.95. The van der Waals surface area contributed by atoms with Gasteiger partial charge in [-0.2, -0.15) is 4.98 Å². The number of hydrogen-bond acceptors (Lipinski definition) is 6. The van der Waals surface area contributed by atoms with Gasteiger partial charge in [-0.25, -0.2) is 10.8 Å². The minimum atomic E-state index is 0.426. The van der Waals surface area contributed by atoms with Crippen LogP contribution in [-0.4, -0.2) is 15.1 Å². The summed E-state index contributed by atoms with van der Waals surface area (Å²) < 4.78 is 5.23. The van der Waals surface area contributed by atoms with Gasteiger partial charge in [0.25, 0.3) is 5.89 Å². The summed E-state index contributed by atoms with van der Waals surface area (Å²) >= 11 is 0. The number of anilines is 1. The van der Waals surface area contributed by atoms with E-state index in [0.717, 1.165) is 11.1 Å². The van der Waals surface area contributed by atoms with E-state index in [1.807, 2.05) is 36.4 Å². The molecule has 0 bridgehead atoms. The van der Waals surface area contributed by atoms with Crippen LogP contribution in [0.2, 0.25) is 0 Å². The first-order valence-corrected chi connectivity index (χ1v) is 5.69. The largest absolute Gasteiger partial charge is 0.334 e. The van der Waals surface area contributed by atoms with Gasteiger partial charge >= 0.3 is 0 Å². The molecule has 94 valence electrons. The predicted molar refractivity (Wildman–Crippen MR) is 70.8 cm³/mol. The van der Waals surface area contributed by atoms with E-state index in [4.69, 9.17) is 10.4 Å². The molecular formula is C13H11N5O. The van der Waals surface area contributed by atoms with Crippen LogP contribution >= 0.6 is 0 Å². The smallest absolute Gasteiger partial charge is 0.259 e. The summed E-state index contributed by atoms with van der Waals surface area (Å²) in [5, 5.41) is 3.95. The summed E-state index contributed by atoms with van der Waals surface area (Å²) in [6.07, 6.45) is 1.62. The Balaban J connectivity index is 1.92. The summed E-state index contributed by atoms with van der Waals surface area (Å²) in [4.78, 5) is 8.43. The van der Waals surface area contributed by atoms with E-state index in [1.54, 1.807) is 12.3 Å². The maximum Gasteiger partial charge on any atom is 0.259 e. The summed E-state index contributed by atoms with van der Waals surface area (Å²) in [6, 6.07) is 13.2. The number of aromatic nitrogens is 3. The van der Waals surface area contributed by atoms with Crippen molar-refractivity contribution < 1.29 is 4.52 Å². The van der Waals surface area contributed by atoms with Crippen LogP contribution in [-0.2, 0) is 0 Å². The fraction of sp³-hybridized carbons (Fsp3) is 0. The Hall–Kier alpha value is -2.73. The average molecular weight is 253 g/mol. The second kappa shape index (κ2) is 4.87. The molecule has 6 heteroatoms. The fourth-order valence-corrected chi connectivity index (χ4v) is 1.65. The Bertz CT molecular complexity index is 663. The number of pyridine rings is 1. The highest BCUT2D eigenvalue weighted by Gasteiger charge is 2.10. The van der Waals surface area contributed by atoms with Crippen molar-refractivity contribution in [3.05, 3.63) is 48.7 Å². The lowest BCUT2D eigenvalue weighted by Gasteiger charge is -1.97. The molecule has 0 saturated carbocycles. The van der Waals surface area contributed by atoms with Crippen molar-refractivity contribution in [2.24, 2.45) is 5.84 Å². The van der Waals surface area contributed by atoms with Crippen molar-refractivity contribution >= 4 is 5.82 Å². The number of hydrazine groups is 1. The normalized spacial score (nSPS) is 10.4. The van der Waals surface area contributed by atoms with Gasteiger partial charge in [0.15, 0.2) is 0 Å². The van der Waals surface area contributed by atoms with Crippen LogP contribution in [0.5, 0.6) is 0 Å². The number of hydrogen-bond donors (Lipinski definition) is 2. The number of benzene rings is 1. The van der Waals surface area contributed by atoms with Crippen molar-refractivity contribution in [1.29, 1.82) is 0 Å². The van der Waals surface area contributed by atoms with Gasteiger partial charge in [0.1, 0.15) is 5.82 Å². The Kier molecular flexibility index (Phi) is 2.91. The molecule has 0 aliphatic heterocycles. The summed E-state index contributed by atoms with van der Waals surface area (Å²) in [5.74, 6) is 6.81. The van der Waals surface area contributed by atoms with Crippen LogP contribution in [0, 0.1) is 0 Å². The lowest BCUT2D eigenvalue weighted by Crippen LogP contribution is -2.07. The molecule has 3 rings (SSSR count). The first-order valence-electron chi connectivity index (χ1n) is 5.69. The van der Waals surface area contributed by atoms with Gasteiger partial charge < -0.3 is 9.95 Å². The second-order valence-electron chi connectivity index (χ2n) is 3.87. The molecule has 1 aromatic carbocycles. The first kappa shape index (κ1) is 11.4. The third kappa shape index (κ3) is 2.29. The predicted octanol–water partition coefficient (Wildman–Crippen LogP) is 2.08. The molecule has 0 atom stereocenters. The Morgan fingerprint density at radius 1 is 1.00 bits per heavy atom. The van der Waals surface area contributed by atoms with Crippen molar-refractivity contribution in [1.82, 2.24) is 15.1 Å². The van der Waals surface area contributed by atoms with Gasteiger partial charge in [0.2, 0.25) is 5.82 Å². The van der Waals surface area contributed by atoms with Gasteiger partial charge in [-0.15, -0.1) is 0 Å². The number of nitrogens with two attached hydrogens (primary N) is 1. The molecule has 0 aliphatic carbocycles. The minimum Gasteiger partial charge on any atom is -0.334 e. The standard InChI is InChI=1S/C13H11N5O/c14-17-11-7-6-10(8-15-11)13-16-12(18-19-13)9-4-2-1-3-5-9/h1-8H,14H2,(H,15,17). The van der Waals surface area contributed by atoms with Crippen molar-refractivity contribution in [3.63, 3.8) is 0 Å². The third-order valence-electron chi connectivity index (χ3n) is 2.62.